The maximum Gasteiger partial charge on any atom is 0.270 e. The molecule has 7 heteroatoms. The van der Waals surface area contributed by atoms with Crippen LogP contribution in [-0.2, 0) is 17.9 Å². The van der Waals surface area contributed by atoms with Crippen LogP contribution >= 0.6 is 0 Å². The summed E-state index contributed by atoms with van der Waals surface area (Å²) < 4.78 is 10.9. The predicted octanol–water partition coefficient (Wildman–Crippen LogP) is 3.74. The molecular weight excluding hydrogens is 358 g/mol. The lowest BCUT2D eigenvalue weighted by Crippen LogP contribution is -2.24. The van der Waals surface area contributed by atoms with Crippen LogP contribution in [-0.4, -0.2) is 16.7 Å². The largest absolute Gasteiger partial charge is 0.467 e. The lowest BCUT2D eigenvalue weighted by atomic mass is 10.0. The summed E-state index contributed by atoms with van der Waals surface area (Å²) in [5, 5.41) is 14.8. The highest BCUT2D eigenvalue weighted by molar-refractivity contribution is 5.50. The van der Waals surface area contributed by atoms with Crippen LogP contribution in [0.2, 0.25) is 0 Å². The van der Waals surface area contributed by atoms with Crippen LogP contribution in [0.1, 0.15) is 28.4 Å². The van der Waals surface area contributed by atoms with Gasteiger partial charge in [-0.15, -0.1) is 0 Å². The molecule has 0 bridgehead atoms. The molecule has 0 spiro atoms. The average Bonchev–Trinajstić information content (AvgIpc) is 2.75. The number of nitrogens with one attached hydrogen (secondary N) is 1. The van der Waals surface area contributed by atoms with Crippen molar-refractivity contribution in [1.29, 1.82) is 0 Å². The number of fused-ring (bicyclic) bond motifs is 1. The zero-order valence-electron chi connectivity index (χ0n) is 15.1. The maximum absolute atomic E-state index is 11.3. The summed E-state index contributed by atoms with van der Waals surface area (Å²) in [4.78, 5) is 15.4. The molecule has 0 saturated heterocycles. The molecule has 2 aromatic carbocycles. The lowest BCUT2D eigenvalue weighted by Gasteiger charge is -2.23. The number of pyridine rings is 1. The number of ether oxygens (including phenoxy) is 2. The number of nitro benzene ring substituents is 1. The first-order valence-corrected chi connectivity index (χ1v) is 8.92. The van der Waals surface area contributed by atoms with Crippen molar-refractivity contribution in [2.45, 2.75) is 19.2 Å². The Kier molecular flexibility index (Phi) is 5.27. The van der Waals surface area contributed by atoms with Crippen molar-refractivity contribution < 1.29 is 14.4 Å². The number of nitrogens with zero attached hydrogens (tertiary/aromatic N) is 2. The van der Waals surface area contributed by atoms with Crippen molar-refractivity contribution in [2.75, 3.05) is 6.79 Å². The lowest BCUT2D eigenvalue weighted by molar-refractivity contribution is -0.385. The van der Waals surface area contributed by atoms with Crippen molar-refractivity contribution in [2.24, 2.45) is 0 Å². The minimum Gasteiger partial charge on any atom is -0.467 e. The highest BCUT2D eigenvalue weighted by Gasteiger charge is 2.22. The van der Waals surface area contributed by atoms with Crippen molar-refractivity contribution in [3.63, 3.8) is 0 Å². The fourth-order valence-corrected chi connectivity index (χ4v) is 3.31. The van der Waals surface area contributed by atoms with E-state index in [2.05, 4.69) is 10.3 Å². The molecular formula is C21H19N3O4. The third kappa shape index (κ3) is 3.85. The molecule has 1 atom stereocenters. The second-order valence-electron chi connectivity index (χ2n) is 6.44. The summed E-state index contributed by atoms with van der Waals surface area (Å²) >= 11 is 0. The topological polar surface area (TPSA) is 86.5 Å². The van der Waals surface area contributed by atoms with E-state index in [0.29, 0.717) is 24.5 Å². The van der Waals surface area contributed by atoms with E-state index in [0.717, 1.165) is 16.8 Å². The van der Waals surface area contributed by atoms with Crippen LogP contribution in [0.25, 0.3) is 0 Å². The number of hydrogen-bond acceptors (Lipinski definition) is 6. The van der Waals surface area contributed by atoms with Crippen molar-refractivity contribution in [3.05, 3.63) is 99.4 Å². The molecule has 4 rings (SSSR count). The Balaban J connectivity index is 1.66. The number of nitro groups is 1. The van der Waals surface area contributed by atoms with E-state index in [9.17, 15) is 10.1 Å². The van der Waals surface area contributed by atoms with E-state index in [1.165, 1.54) is 6.07 Å². The zero-order valence-corrected chi connectivity index (χ0v) is 15.1. The second kappa shape index (κ2) is 8.16. The molecule has 3 aromatic rings. The van der Waals surface area contributed by atoms with Gasteiger partial charge < -0.3 is 14.8 Å². The third-order valence-corrected chi connectivity index (χ3v) is 4.60. The molecule has 142 valence electrons. The van der Waals surface area contributed by atoms with Crippen molar-refractivity contribution in [3.8, 4) is 5.75 Å². The van der Waals surface area contributed by atoms with Gasteiger partial charge in [0.05, 0.1) is 23.3 Å². The summed E-state index contributed by atoms with van der Waals surface area (Å²) in [5.74, 6) is 0.650. The van der Waals surface area contributed by atoms with Gasteiger partial charge in [0.15, 0.2) is 6.79 Å². The normalized spacial score (nSPS) is 14.0. The first kappa shape index (κ1) is 18.1. The van der Waals surface area contributed by atoms with E-state index in [1.807, 2.05) is 48.5 Å². The fourth-order valence-electron chi connectivity index (χ4n) is 3.31. The van der Waals surface area contributed by atoms with Crippen LogP contribution in [0.5, 0.6) is 5.75 Å². The minimum absolute atomic E-state index is 0.0266. The summed E-state index contributed by atoms with van der Waals surface area (Å²) in [6.45, 7) is 0.826. The highest BCUT2D eigenvalue weighted by Crippen LogP contribution is 2.33. The first-order valence-electron chi connectivity index (χ1n) is 8.92. The Morgan fingerprint density at radius 2 is 1.96 bits per heavy atom. The van der Waals surface area contributed by atoms with Gasteiger partial charge in [-0.1, -0.05) is 36.4 Å². The average molecular weight is 377 g/mol. The summed E-state index contributed by atoms with van der Waals surface area (Å²) in [6.07, 6.45) is 1.75. The molecule has 1 N–H and O–H groups in total. The Labute approximate surface area is 162 Å². The fraction of sp³-hybridized carbons (Fsp3) is 0.190. The van der Waals surface area contributed by atoms with Gasteiger partial charge in [0, 0.05) is 36.0 Å². The molecule has 1 aromatic heterocycles. The molecule has 1 unspecified atom stereocenters. The molecule has 0 amide bonds. The molecule has 1 aliphatic rings. The number of rotatable bonds is 6. The highest BCUT2D eigenvalue weighted by atomic mass is 16.7. The minimum atomic E-state index is -0.397. The molecule has 28 heavy (non-hydrogen) atoms. The van der Waals surface area contributed by atoms with Crippen LogP contribution in [0, 0.1) is 10.1 Å². The van der Waals surface area contributed by atoms with Crippen molar-refractivity contribution >= 4 is 5.69 Å². The summed E-state index contributed by atoms with van der Waals surface area (Å²) in [5.41, 5.74) is 3.37. The Bertz CT molecular complexity index is 925. The summed E-state index contributed by atoms with van der Waals surface area (Å²) in [6, 6.07) is 18.6. The van der Waals surface area contributed by atoms with Gasteiger partial charge in [0.1, 0.15) is 5.75 Å². The molecule has 0 fully saturated rings. The summed E-state index contributed by atoms with van der Waals surface area (Å²) in [7, 11) is 0. The van der Waals surface area contributed by atoms with E-state index in [1.54, 1.807) is 12.3 Å². The van der Waals surface area contributed by atoms with Gasteiger partial charge in [-0.05, 0) is 17.7 Å². The van der Waals surface area contributed by atoms with Gasteiger partial charge in [0.25, 0.3) is 5.69 Å². The van der Waals surface area contributed by atoms with Crippen LogP contribution in [0.15, 0.2) is 66.9 Å². The monoisotopic (exact) mass is 377 g/mol. The van der Waals surface area contributed by atoms with Gasteiger partial charge in [-0.3, -0.25) is 15.1 Å². The quantitative estimate of drug-likeness (QED) is 0.520. The predicted molar refractivity (Wildman–Crippen MR) is 103 cm³/mol. The van der Waals surface area contributed by atoms with E-state index in [-0.39, 0.29) is 18.5 Å². The van der Waals surface area contributed by atoms with Crippen LogP contribution < -0.4 is 10.1 Å². The smallest absolute Gasteiger partial charge is 0.270 e. The molecule has 0 saturated carbocycles. The SMILES string of the molecule is O=[N+]([O-])c1cc(CNC(c2ccccc2)c2ccccn2)c2c(c1)COCO2. The molecule has 0 aliphatic carbocycles. The molecule has 1 aliphatic heterocycles. The number of benzene rings is 2. The van der Waals surface area contributed by atoms with Crippen LogP contribution in [0.4, 0.5) is 5.69 Å². The number of hydrogen-bond donors (Lipinski definition) is 1. The van der Waals surface area contributed by atoms with E-state index < -0.39 is 4.92 Å². The van der Waals surface area contributed by atoms with Gasteiger partial charge in [0.2, 0.25) is 0 Å². The van der Waals surface area contributed by atoms with Gasteiger partial charge in [-0.25, -0.2) is 0 Å². The zero-order chi connectivity index (χ0) is 19.3. The van der Waals surface area contributed by atoms with Gasteiger partial charge in [-0.2, -0.15) is 0 Å². The van der Waals surface area contributed by atoms with E-state index in [4.69, 9.17) is 9.47 Å². The molecule has 0 radical (unpaired) electrons. The first-order chi connectivity index (χ1) is 13.7. The molecule has 2 heterocycles. The maximum atomic E-state index is 11.3. The number of non-ortho nitro benzene ring substituents is 1. The van der Waals surface area contributed by atoms with E-state index >= 15 is 0 Å². The Hall–Kier alpha value is -3.29. The Morgan fingerprint density at radius 1 is 1.14 bits per heavy atom. The Morgan fingerprint density at radius 3 is 2.71 bits per heavy atom. The van der Waals surface area contributed by atoms with Gasteiger partial charge >= 0.3 is 0 Å². The number of aromatic nitrogens is 1. The standard InChI is InChI=1S/C21H19N3O4/c25-24(26)18-10-16(21-17(11-18)13-27-14-28-21)12-23-20(15-6-2-1-3-7-15)19-8-4-5-9-22-19/h1-11,20,23H,12-14H2. The third-order valence-electron chi connectivity index (χ3n) is 4.60. The molecule has 7 nitrogen and oxygen atoms in total. The second-order valence-corrected chi connectivity index (χ2v) is 6.44. The van der Waals surface area contributed by atoms with Crippen molar-refractivity contribution in [1.82, 2.24) is 10.3 Å². The van der Waals surface area contributed by atoms with Crippen LogP contribution in [0.3, 0.4) is 0 Å².